The summed E-state index contributed by atoms with van der Waals surface area (Å²) >= 11 is 0. The summed E-state index contributed by atoms with van der Waals surface area (Å²) in [6, 6.07) is 16.3. The fraction of sp³-hybridized carbons (Fsp3) is 0.261. The smallest absolute Gasteiger partial charge is 0.289 e. The van der Waals surface area contributed by atoms with Gasteiger partial charge in [0.15, 0.2) is 17.0 Å². The van der Waals surface area contributed by atoms with Crippen LogP contribution < -0.4 is 5.43 Å². The molecule has 1 aliphatic rings. The molecular formula is C23H22N6O3. The molecule has 1 aliphatic heterocycles. The second-order valence-corrected chi connectivity index (χ2v) is 7.88. The summed E-state index contributed by atoms with van der Waals surface area (Å²) in [5, 5.41) is 12.6. The number of nitrogens with zero attached hydrogens (tertiary/aromatic N) is 6. The number of hydrogen-bond donors (Lipinski definition) is 0. The Hall–Kier alpha value is -3.85. The molecule has 0 bridgehead atoms. The van der Waals surface area contributed by atoms with Gasteiger partial charge < -0.3 is 9.32 Å². The van der Waals surface area contributed by atoms with E-state index in [1.165, 1.54) is 11.6 Å². The second kappa shape index (κ2) is 8.35. The van der Waals surface area contributed by atoms with E-state index in [0.29, 0.717) is 43.7 Å². The molecule has 3 heterocycles. The summed E-state index contributed by atoms with van der Waals surface area (Å²) in [5.74, 6) is 0.552. The molecule has 32 heavy (non-hydrogen) atoms. The Balaban J connectivity index is 1.25. The third kappa shape index (κ3) is 3.90. The molecule has 0 spiro atoms. The van der Waals surface area contributed by atoms with E-state index in [1.54, 1.807) is 33.8 Å². The molecule has 0 saturated carbocycles. The van der Waals surface area contributed by atoms with Gasteiger partial charge in [0.05, 0.1) is 17.6 Å². The number of amides is 1. The maximum Gasteiger partial charge on any atom is 0.289 e. The molecule has 9 nitrogen and oxygen atoms in total. The van der Waals surface area contributed by atoms with Crippen LogP contribution in [0.3, 0.4) is 0 Å². The molecule has 0 atom stereocenters. The van der Waals surface area contributed by atoms with Gasteiger partial charge in [0.2, 0.25) is 0 Å². The van der Waals surface area contributed by atoms with Crippen molar-refractivity contribution in [3.63, 3.8) is 0 Å². The first-order valence-electron chi connectivity index (χ1n) is 10.5. The lowest BCUT2D eigenvalue weighted by atomic mass is 10.2. The lowest BCUT2D eigenvalue weighted by molar-refractivity contribution is 0.0594. The van der Waals surface area contributed by atoms with Crippen LogP contribution in [0.25, 0.3) is 16.7 Å². The Kier molecular flexibility index (Phi) is 5.24. The van der Waals surface area contributed by atoms with Gasteiger partial charge in [-0.1, -0.05) is 29.8 Å². The van der Waals surface area contributed by atoms with E-state index in [1.807, 2.05) is 31.2 Å². The number of carbonyl (C=O) groups excluding carboxylic acids is 1. The van der Waals surface area contributed by atoms with Crippen molar-refractivity contribution >= 4 is 16.9 Å². The van der Waals surface area contributed by atoms with Crippen LogP contribution in [0.2, 0.25) is 0 Å². The average Bonchev–Trinajstić information content (AvgIpc) is 3.27. The van der Waals surface area contributed by atoms with Gasteiger partial charge in [0.1, 0.15) is 5.58 Å². The van der Waals surface area contributed by atoms with Gasteiger partial charge in [-0.15, -0.1) is 5.10 Å². The van der Waals surface area contributed by atoms with Crippen LogP contribution in [0.4, 0.5) is 0 Å². The second-order valence-electron chi connectivity index (χ2n) is 7.88. The molecular weight excluding hydrogens is 408 g/mol. The fourth-order valence-corrected chi connectivity index (χ4v) is 3.87. The van der Waals surface area contributed by atoms with Gasteiger partial charge in [-0.3, -0.25) is 14.5 Å². The minimum absolute atomic E-state index is 0.0745. The van der Waals surface area contributed by atoms with Crippen molar-refractivity contribution < 1.29 is 9.21 Å². The molecule has 0 unspecified atom stereocenters. The largest absolute Gasteiger partial charge is 0.451 e. The summed E-state index contributed by atoms with van der Waals surface area (Å²) in [7, 11) is 0. The highest BCUT2D eigenvalue weighted by Crippen LogP contribution is 2.16. The monoisotopic (exact) mass is 430 g/mol. The molecule has 4 aromatic rings. The minimum Gasteiger partial charge on any atom is -0.451 e. The average molecular weight is 430 g/mol. The standard InChI is InChI=1S/C23H22N6O3/c1-16-6-8-17(9-7-16)29-22(24-25-26-29)15-27-10-12-28(13-11-27)23(31)21-14-19(30)18-4-2-3-5-20(18)32-21/h2-9,14H,10-13,15H2,1H3. The number of aryl methyl sites for hydroxylation is 1. The van der Waals surface area contributed by atoms with E-state index in [0.717, 1.165) is 11.5 Å². The Morgan fingerprint density at radius 2 is 1.78 bits per heavy atom. The molecule has 1 saturated heterocycles. The van der Waals surface area contributed by atoms with Crippen molar-refractivity contribution in [2.45, 2.75) is 13.5 Å². The number of tetrazole rings is 1. The Labute approximate surface area is 183 Å². The topological polar surface area (TPSA) is 97.4 Å². The Morgan fingerprint density at radius 3 is 2.56 bits per heavy atom. The third-order valence-electron chi connectivity index (χ3n) is 5.68. The predicted molar refractivity (Wildman–Crippen MR) is 118 cm³/mol. The molecule has 2 aromatic heterocycles. The summed E-state index contributed by atoms with van der Waals surface area (Å²) in [5.41, 5.74) is 2.30. The Morgan fingerprint density at radius 1 is 1.03 bits per heavy atom. The first-order chi connectivity index (χ1) is 15.6. The SMILES string of the molecule is Cc1ccc(-n2nnnc2CN2CCN(C(=O)c3cc(=O)c4ccccc4o3)CC2)cc1. The summed E-state index contributed by atoms with van der Waals surface area (Å²) in [4.78, 5) is 29.2. The molecule has 5 rings (SSSR count). The van der Waals surface area contributed by atoms with Crippen LogP contribution in [0.15, 0.2) is 63.8 Å². The van der Waals surface area contributed by atoms with E-state index in [9.17, 15) is 9.59 Å². The molecule has 2 aromatic carbocycles. The van der Waals surface area contributed by atoms with E-state index in [2.05, 4.69) is 20.4 Å². The number of piperazine rings is 1. The molecule has 9 heteroatoms. The first kappa shape index (κ1) is 20.1. The molecule has 0 radical (unpaired) electrons. The van der Waals surface area contributed by atoms with E-state index < -0.39 is 0 Å². The third-order valence-corrected chi connectivity index (χ3v) is 5.68. The van der Waals surface area contributed by atoms with E-state index in [-0.39, 0.29) is 17.1 Å². The maximum absolute atomic E-state index is 12.9. The summed E-state index contributed by atoms with van der Waals surface area (Å²) < 4.78 is 7.44. The van der Waals surface area contributed by atoms with Gasteiger partial charge in [-0.2, -0.15) is 4.68 Å². The summed E-state index contributed by atoms with van der Waals surface area (Å²) in [6.07, 6.45) is 0. The van der Waals surface area contributed by atoms with Crippen LogP contribution in [0.5, 0.6) is 0 Å². The van der Waals surface area contributed by atoms with Crippen LogP contribution in [0, 0.1) is 6.92 Å². The molecule has 1 fully saturated rings. The fourth-order valence-electron chi connectivity index (χ4n) is 3.87. The zero-order valence-corrected chi connectivity index (χ0v) is 17.6. The maximum atomic E-state index is 12.9. The number of carbonyl (C=O) groups is 1. The van der Waals surface area contributed by atoms with Crippen molar-refractivity contribution in [1.82, 2.24) is 30.0 Å². The van der Waals surface area contributed by atoms with Gasteiger partial charge in [0.25, 0.3) is 5.91 Å². The van der Waals surface area contributed by atoms with Crippen molar-refractivity contribution in [3.8, 4) is 5.69 Å². The number of hydrogen-bond acceptors (Lipinski definition) is 7. The van der Waals surface area contributed by atoms with Gasteiger partial charge in [-0.25, -0.2) is 0 Å². The number of para-hydroxylation sites is 1. The molecule has 162 valence electrons. The van der Waals surface area contributed by atoms with Crippen LogP contribution in [0.1, 0.15) is 21.9 Å². The van der Waals surface area contributed by atoms with Gasteiger partial charge in [-0.05, 0) is 41.6 Å². The number of rotatable bonds is 4. The van der Waals surface area contributed by atoms with Crippen LogP contribution in [-0.2, 0) is 6.54 Å². The highest BCUT2D eigenvalue weighted by molar-refractivity contribution is 5.93. The molecule has 1 amide bonds. The van der Waals surface area contributed by atoms with Crippen molar-refractivity contribution in [3.05, 3.63) is 82.0 Å². The molecule has 0 aliphatic carbocycles. The number of fused-ring (bicyclic) bond motifs is 1. The van der Waals surface area contributed by atoms with E-state index in [4.69, 9.17) is 4.42 Å². The van der Waals surface area contributed by atoms with Crippen molar-refractivity contribution in [2.75, 3.05) is 26.2 Å². The lowest BCUT2D eigenvalue weighted by Gasteiger charge is -2.34. The van der Waals surface area contributed by atoms with Gasteiger partial charge >= 0.3 is 0 Å². The van der Waals surface area contributed by atoms with E-state index >= 15 is 0 Å². The van der Waals surface area contributed by atoms with Gasteiger partial charge in [0, 0.05) is 32.2 Å². The predicted octanol–water partition coefficient (Wildman–Crippen LogP) is 2.04. The highest BCUT2D eigenvalue weighted by Gasteiger charge is 2.25. The van der Waals surface area contributed by atoms with Crippen LogP contribution in [-0.4, -0.2) is 62.1 Å². The minimum atomic E-state index is -0.267. The van der Waals surface area contributed by atoms with Crippen molar-refractivity contribution in [2.24, 2.45) is 0 Å². The van der Waals surface area contributed by atoms with Crippen molar-refractivity contribution in [1.29, 1.82) is 0 Å². The number of aromatic nitrogens is 4. The first-order valence-corrected chi connectivity index (χ1v) is 10.5. The summed E-state index contributed by atoms with van der Waals surface area (Å²) in [6.45, 7) is 5.01. The zero-order chi connectivity index (χ0) is 22.1. The van der Waals surface area contributed by atoms with Crippen LogP contribution >= 0.6 is 0 Å². The Bertz CT molecular complexity index is 1320. The zero-order valence-electron chi connectivity index (χ0n) is 17.6. The number of benzene rings is 2. The highest BCUT2D eigenvalue weighted by atomic mass is 16.3. The molecule has 0 N–H and O–H groups in total. The lowest BCUT2D eigenvalue weighted by Crippen LogP contribution is -2.48. The normalized spacial score (nSPS) is 14.7. The quantitative estimate of drug-likeness (QED) is 0.489.